The van der Waals surface area contributed by atoms with E-state index in [1.807, 2.05) is 13.8 Å². The fraction of sp³-hybridized carbons (Fsp3) is 0.286. The normalized spacial score (nSPS) is 10.6. The van der Waals surface area contributed by atoms with E-state index in [1.165, 1.54) is 6.92 Å². The number of H-pyrrole nitrogens is 1. The molecule has 1 aromatic carbocycles. The molecule has 2 N–H and O–H groups in total. The number of aromatic nitrogens is 3. The number of carbonyl (C=O) groups is 2. The predicted molar refractivity (Wildman–Crippen MR) is 74.9 cm³/mol. The summed E-state index contributed by atoms with van der Waals surface area (Å²) in [4.78, 5) is 27.4. The molecule has 6 nitrogen and oxygen atoms in total. The molecule has 0 unspecified atom stereocenters. The number of carbonyl (C=O) groups excluding carboxylic acids is 2. The highest BCUT2D eigenvalue weighted by molar-refractivity contribution is 6.02. The number of rotatable bonds is 4. The fourth-order valence-corrected chi connectivity index (χ4v) is 1.64. The zero-order valence-corrected chi connectivity index (χ0v) is 11.6. The lowest BCUT2D eigenvalue weighted by Gasteiger charge is -2.03. The average Bonchev–Trinajstić information content (AvgIpc) is 2.88. The number of nitrogens with one attached hydrogen (secondary N) is 2. The number of anilines is 1. The first-order valence-corrected chi connectivity index (χ1v) is 6.32. The third kappa shape index (κ3) is 3.09. The van der Waals surface area contributed by atoms with Crippen molar-refractivity contribution in [1.29, 1.82) is 0 Å². The Hall–Kier alpha value is -2.50. The summed E-state index contributed by atoms with van der Waals surface area (Å²) in [6.45, 7) is 5.39. The lowest BCUT2D eigenvalue weighted by Crippen LogP contribution is -2.14. The van der Waals surface area contributed by atoms with Crippen LogP contribution in [0.1, 0.15) is 53.5 Å². The van der Waals surface area contributed by atoms with Gasteiger partial charge in [0.1, 0.15) is 5.82 Å². The van der Waals surface area contributed by atoms with Crippen molar-refractivity contribution in [2.45, 2.75) is 26.7 Å². The van der Waals surface area contributed by atoms with Gasteiger partial charge in [-0.05, 0) is 19.1 Å². The van der Waals surface area contributed by atoms with E-state index in [4.69, 9.17) is 0 Å². The Bertz CT molecular complexity index is 646. The Labute approximate surface area is 116 Å². The van der Waals surface area contributed by atoms with Gasteiger partial charge in [-0.15, -0.1) is 5.10 Å². The van der Waals surface area contributed by atoms with Gasteiger partial charge < -0.3 is 5.32 Å². The summed E-state index contributed by atoms with van der Waals surface area (Å²) in [7, 11) is 0. The number of hydrogen-bond donors (Lipinski definition) is 2. The van der Waals surface area contributed by atoms with E-state index < -0.39 is 5.91 Å². The number of aromatic amines is 1. The number of nitrogens with zero attached hydrogens (tertiary/aromatic N) is 2. The first kappa shape index (κ1) is 13.9. The Morgan fingerprint density at radius 2 is 2.05 bits per heavy atom. The lowest BCUT2D eigenvalue weighted by atomic mass is 10.1. The standard InChI is InChI=1S/C14H16N4O2/c1-8(2)12-16-13(18-17-12)14(20)15-11-6-4-5-10(7-11)9(3)19/h4-8H,1-3H3,(H,15,20)(H,16,17,18). The molecule has 1 amide bonds. The zero-order valence-electron chi connectivity index (χ0n) is 11.6. The van der Waals surface area contributed by atoms with E-state index in [1.54, 1.807) is 24.3 Å². The van der Waals surface area contributed by atoms with Crippen LogP contribution in [0.5, 0.6) is 0 Å². The van der Waals surface area contributed by atoms with E-state index in [-0.39, 0.29) is 17.5 Å². The molecule has 0 saturated carbocycles. The molecule has 104 valence electrons. The molecule has 1 aromatic heterocycles. The highest BCUT2D eigenvalue weighted by Gasteiger charge is 2.14. The summed E-state index contributed by atoms with van der Waals surface area (Å²) in [6, 6.07) is 6.74. The Morgan fingerprint density at radius 3 is 2.65 bits per heavy atom. The number of amides is 1. The average molecular weight is 272 g/mol. The van der Waals surface area contributed by atoms with Crippen LogP contribution in [0.2, 0.25) is 0 Å². The van der Waals surface area contributed by atoms with Crippen molar-refractivity contribution in [2.24, 2.45) is 0 Å². The number of benzene rings is 1. The first-order chi connectivity index (χ1) is 9.47. The van der Waals surface area contributed by atoms with E-state index in [0.29, 0.717) is 17.1 Å². The second-order valence-electron chi connectivity index (χ2n) is 4.79. The van der Waals surface area contributed by atoms with Crippen molar-refractivity contribution in [1.82, 2.24) is 15.2 Å². The van der Waals surface area contributed by atoms with Gasteiger partial charge >= 0.3 is 0 Å². The molecule has 20 heavy (non-hydrogen) atoms. The Kier molecular flexibility index (Phi) is 3.93. The minimum atomic E-state index is -0.408. The van der Waals surface area contributed by atoms with Crippen LogP contribution >= 0.6 is 0 Å². The summed E-state index contributed by atoms with van der Waals surface area (Å²) in [5, 5.41) is 9.27. The van der Waals surface area contributed by atoms with Gasteiger partial charge in [0.2, 0.25) is 5.82 Å². The second kappa shape index (κ2) is 5.64. The Balaban J connectivity index is 2.14. The zero-order chi connectivity index (χ0) is 14.7. The molecule has 0 spiro atoms. The maximum absolute atomic E-state index is 12.0. The number of Topliss-reactive ketones (excluding diaryl/α,β-unsaturated/α-hetero) is 1. The lowest BCUT2D eigenvalue weighted by molar-refractivity contribution is 0.100. The first-order valence-electron chi connectivity index (χ1n) is 6.32. The van der Waals surface area contributed by atoms with Gasteiger partial charge in [0.15, 0.2) is 5.78 Å². The molecule has 0 radical (unpaired) electrons. The van der Waals surface area contributed by atoms with Crippen molar-refractivity contribution in [2.75, 3.05) is 5.32 Å². The topological polar surface area (TPSA) is 87.7 Å². The summed E-state index contributed by atoms with van der Waals surface area (Å²) in [5.74, 6) is 0.453. The van der Waals surface area contributed by atoms with Crippen LogP contribution in [0.25, 0.3) is 0 Å². The molecule has 0 aliphatic carbocycles. The van der Waals surface area contributed by atoms with Crippen LogP contribution in [0, 0.1) is 0 Å². The molecule has 0 saturated heterocycles. The molecule has 1 heterocycles. The highest BCUT2D eigenvalue weighted by Crippen LogP contribution is 2.13. The summed E-state index contributed by atoms with van der Waals surface area (Å²) in [6.07, 6.45) is 0. The molecular weight excluding hydrogens is 256 g/mol. The van der Waals surface area contributed by atoms with Crippen molar-refractivity contribution in [3.8, 4) is 0 Å². The monoisotopic (exact) mass is 272 g/mol. The van der Waals surface area contributed by atoms with E-state index in [9.17, 15) is 9.59 Å². The molecule has 0 fully saturated rings. The third-order valence-corrected chi connectivity index (χ3v) is 2.78. The van der Waals surface area contributed by atoms with Gasteiger partial charge in [-0.1, -0.05) is 26.0 Å². The van der Waals surface area contributed by atoms with Crippen LogP contribution < -0.4 is 5.32 Å². The van der Waals surface area contributed by atoms with Crippen LogP contribution in [0.4, 0.5) is 5.69 Å². The molecule has 0 atom stereocenters. The van der Waals surface area contributed by atoms with Gasteiger partial charge in [-0.25, -0.2) is 4.98 Å². The van der Waals surface area contributed by atoms with Gasteiger partial charge in [-0.2, -0.15) is 0 Å². The molecule has 2 aromatic rings. The molecule has 0 aliphatic heterocycles. The van der Waals surface area contributed by atoms with E-state index in [2.05, 4.69) is 20.5 Å². The maximum Gasteiger partial charge on any atom is 0.295 e. The van der Waals surface area contributed by atoms with Crippen molar-refractivity contribution >= 4 is 17.4 Å². The summed E-state index contributed by atoms with van der Waals surface area (Å²) >= 11 is 0. The smallest absolute Gasteiger partial charge is 0.295 e. The number of ketones is 1. The Morgan fingerprint density at radius 1 is 1.30 bits per heavy atom. The van der Waals surface area contributed by atoms with Crippen molar-refractivity contribution in [3.63, 3.8) is 0 Å². The largest absolute Gasteiger partial charge is 0.319 e. The summed E-state index contributed by atoms with van der Waals surface area (Å²) < 4.78 is 0. The van der Waals surface area contributed by atoms with E-state index >= 15 is 0 Å². The quantitative estimate of drug-likeness (QED) is 0.836. The van der Waals surface area contributed by atoms with Crippen LogP contribution in [0.15, 0.2) is 24.3 Å². The highest BCUT2D eigenvalue weighted by atomic mass is 16.2. The molecule has 2 rings (SSSR count). The molecule has 0 aliphatic rings. The SMILES string of the molecule is CC(=O)c1cccc(NC(=O)c2n[nH]c(C(C)C)n2)c1. The van der Waals surface area contributed by atoms with Gasteiger partial charge in [0.25, 0.3) is 5.91 Å². The summed E-state index contributed by atoms with van der Waals surface area (Å²) in [5.41, 5.74) is 1.08. The minimum Gasteiger partial charge on any atom is -0.319 e. The minimum absolute atomic E-state index is 0.0545. The predicted octanol–water partition coefficient (Wildman–Crippen LogP) is 2.38. The second-order valence-corrected chi connectivity index (χ2v) is 4.79. The van der Waals surface area contributed by atoms with E-state index in [0.717, 1.165) is 0 Å². The van der Waals surface area contributed by atoms with Crippen LogP contribution in [-0.2, 0) is 0 Å². The maximum atomic E-state index is 12.0. The van der Waals surface area contributed by atoms with Gasteiger partial charge in [0, 0.05) is 17.2 Å². The van der Waals surface area contributed by atoms with Crippen molar-refractivity contribution in [3.05, 3.63) is 41.5 Å². The third-order valence-electron chi connectivity index (χ3n) is 2.78. The van der Waals surface area contributed by atoms with Crippen molar-refractivity contribution < 1.29 is 9.59 Å². The molecular formula is C14H16N4O2. The van der Waals surface area contributed by atoms with Gasteiger partial charge in [0.05, 0.1) is 0 Å². The fourth-order valence-electron chi connectivity index (χ4n) is 1.64. The molecule has 0 bridgehead atoms. The van der Waals surface area contributed by atoms with Crippen LogP contribution in [0.3, 0.4) is 0 Å². The number of hydrogen-bond acceptors (Lipinski definition) is 4. The van der Waals surface area contributed by atoms with Crippen LogP contribution in [-0.4, -0.2) is 26.9 Å². The van der Waals surface area contributed by atoms with Gasteiger partial charge in [-0.3, -0.25) is 14.7 Å². The molecule has 6 heteroatoms.